The Hall–Kier alpha value is -1.91. The lowest BCUT2D eigenvalue weighted by molar-refractivity contribution is -0.200. The number of alkyl carbamates (subject to hydrolysis) is 1. The number of hydrogen-bond acceptors (Lipinski definition) is 8. The lowest BCUT2D eigenvalue weighted by Crippen LogP contribution is -2.55. The number of nitrogens with one attached hydrogen (secondary N) is 1. The lowest BCUT2D eigenvalue weighted by atomic mass is 9.46. The molecule has 1 aliphatic heterocycles. The third-order valence-electron chi connectivity index (χ3n) is 13.5. The molecule has 6 aliphatic rings. The van der Waals surface area contributed by atoms with Crippen molar-refractivity contribution in [3.63, 3.8) is 0 Å². The van der Waals surface area contributed by atoms with Crippen molar-refractivity contribution in [2.75, 3.05) is 13.7 Å². The van der Waals surface area contributed by atoms with Gasteiger partial charge in [-0.05, 0) is 118 Å². The summed E-state index contributed by atoms with van der Waals surface area (Å²) in [5.41, 5.74) is -0.443. The van der Waals surface area contributed by atoms with E-state index >= 15 is 0 Å². The van der Waals surface area contributed by atoms with Gasteiger partial charge in [0.2, 0.25) is 0 Å². The molecule has 0 aromatic rings. The van der Waals surface area contributed by atoms with Gasteiger partial charge in [0.1, 0.15) is 12.6 Å². The second-order valence-corrected chi connectivity index (χ2v) is 16.2. The normalized spacial score (nSPS) is 41.8. The second kappa shape index (κ2) is 13.2. The molecular formula is C36H63NO9. The van der Waals surface area contributed by atoms with Crippen molar-refractivity contribution < 1.29 is 45.3 Å². The minimum Gasteiger partial charge on any atom is -0.480 e. The van der Waals surface area contributed by atoms with E-state index in [-0.39, 0.29) is 36.5 Å². The molecule has 2 spiro atoms. The number of amides is 1. The van der Waals surface area contributed by atoms with Crippen LogP contribution in [0.15, 0.2) is 0 Å². The summed E-state index contributed by atoms with van der Waals surface area (Å²) in [6, 6.07) is 0. The Balaban J connectivity index is 0.00000116. The van der Waals surface area contributed by atoms with E-state index in [1.54, 1.807) is 13.8 Å². The van der Waals surface area contributed by atoms with Crippen molar-refractivity contribution in [3.8, 4) is 0 Å². The van der Waals surface area contributed by atoms with Gasteiger partial charge in [0.25, 0.3) is 0 Å². The molecule has 1 heterocycles. The summed E-state index contributed by atoms with van der Waals surface area (Å²) in [5, 5.41) is 29.1. The summed E-state index contributed by atoms with van der Waals surface area (Å²) in [4.78, 5) is 35.2. The van der Waals surface area contributed by atoms with Gasteiger partial charge < -0.3 is 34.8 Å². The van der Waals surface area contributed by atoms with Crippen LogP contribution in [0.2, 0.25) is 0 Å². The van der Waals surface area contributed by atoms with Crippen LogP contribution in [0.4, 0.5) is 4.79 Å². The largest absolute Gasteiger partial charge is 0.480 e. The number of aliphatic hydroxyl groups is 2. The van der Waals surface area contributed by atoms with Crippen molar-refractivity contribution >= 4 is 18.0 Å². The summed E-state index contributed by atoms with van der Waals surface area (Å²) in [6.07, 6.45) is 9.16. The first-order valence-electron chi connectivity index (χ1n) is 17.7. The fourth-order valence-corrected chi connectivity index (χ4v) is 11.9. The molecule has 6 rings (SSSR count). The monoisotopic (exact) mass is 653 g/mol. The zero-order valence-electron chi connectivity index (χ0n) is 29.7. The van der Waals surface area contributed by atoms with Crippen molar-refractivity contribution in [3.05, 3.63) is 0 Å². The molecule has 0 aromatic carbocycles. The van der Waals surface area contributed by atoms with Gasteiger partial charge in [-0.3, -0.25) is 9.59 Å². The predicted octanol–water partition coefficient (Wildman–Crippen LogP) is 5.96. The molecule has 10 nitrogen and oxygen atoms in total. The summed E-state index contributed by atoms with van der Waals surface area (Å²) >= 11 is 0. The van der Waals surface area contributed by atoms with Crippen LogP contribution >= 0.6 is 0 Å². The van der Waals surface area contributed by atoms with Crippen molar-refractivity contribution in [2.24, 2.45) is 45.3 Å². The second-order valence-electron chi connectivity index (χ2n) is 16.2. The highest BCUT2D eigenvalue weighted by atomic mass is 16.6. The van der Waals surface area contributed by atoms with Crippen LogP contribution in [0.25, 0.3) is 0 Å². The van der Waals surface area contributed by atoms with E-state index in [4.69, 9.17) is 24.4 Å². The Kier molecular flexibility index (Phi) is 10.6. The SMILES string of the molecule is CC.CC(=O)O[C@@H](C1CCC2C(CC3C4CCC5C(C)(C)[C@@H](OC(=O)NCC(=O)O)CC[C@@]56C[C@@]46CCC23C)O1)C(C)(C)O.CO.[HH]. The third-order valence-corrected chi connectivity index (χ3v) is 13.5. The van der Waals surface area contributed by atoms with Gasteiger partial charge in [-0.25, -0.2) is 4.79 Å². The van der Waals surface area contributed by atoms with Crippen LogP contribution in [-0.4, -0.2) is 77.0 Å². The smallest absolute Gasteiger partial charge is 0.407 e. The molecule has 1 amide bonds. The number of hydrogen-bond donors (Lipinski definition) is 4. The molecule has 0 bridgehead atoms. The van der Waals surface area contributed by atoms with Gasteiger partial charge in [0.15, 0.2) is 6.10 Å². The number of carbonyl (C=O) groups excluding carboxylic acids is 2. The highest BCUT2D eigenvalue weighted by molar-refractivity contribution is 5.76. The average molecular weight is 654 g/mol. The minimum absolute atomic E-state index is 0. The fraction of sp³-hybridized carbons (Fsp3) is 0.917. The topological polar surface area (TPSA) is 152 Å². The van der Waals surface area contributed by atoms with Crippen LogP contribution in [0.1, 0.15) is 121 Å². The van der Waals surface area contributed by atoms with E-state index in [1.165, 1.54) is 32.6 Å². The number of aliphatic hydroxyl groups excluding tert-OH is 1. The first-order valence-corrected chi connectivity index (χ1v) is 17.7. The molecular weight excluding hydrogens is 590 g/mol. The van der Waals surface area contributed by atoms with Crippen molar-refractivity contribution in [2.45, 2.75) is 150 Å². The zero-order valence-corrected chi connectivity index (χ0v) is 29.7. The number of carboxylic acids is 1. The third kappa shape index (κ3) is 5.97. The Labute approximate surface area is 277 Å². The van der Waals surface area contributed by atoms with Gasteiger partial charge in [0.05, 0.1) is 17.8 Å². The molecule has 6 fully saturated rings. The van der Waals surface area contributed by atoms with Gasteiger partial charge in [-0.1, -0.05) is 34.6 Å². The summed E-state index contributed by atoms with van der Waals surface area (Å²) < 4.78 is 18.2. The molecule has 5 aliphatic carbocycles. The fourth-order valence-electron chi connectivity index (χ4n) is 11.9. The zero-order chi connectivity index (χ0) is 34.5. The first kappa shape index (κ1) is 36.9. The van der Waals surface area contributed by atoms with Gasteiger partial charge in [0, 0.05) is 20.9 Å². The van der Waals surface area contributed by atoms with Gasteiger partial charge >= 0.3 is 18.0 Å². The van der Waals surface area contributed by atoms with Crippen LogP contribution in [0.5, 0.6) is 0 Å². The Morgan fingerprint density at radius 2 is 1.61 bits per heavy atom. The maximum absolute atomic E-state index is 12.4. The van der Waals surface area contributed by atoms with Crippen LogP contribution in [0.3, 0.4) is 0 Å². The summed E-state index contributed by atoms with van der Waals surface area (Å²) in [6.45, 7) is 15.4. The number of carbonyl (C=O) groups is 3. The number of rotatable bonds is 6. The molecule has 7 unspecified atom stereocenters. The highest BCUT2D eigenvalue weighted by Gasteiger charge is 2.81. The predicted molar refractivity (Wildman–Crippen MR) is 175 cm³/mol. The lowest BCUT2D eigenvalue weighted by Gasteiger charge is -2.59. The molecule has 1 saturated heterocycles. The van der Waals surface area contributed by atoms with Gasteiger partial charge in [-0.15, -0.1) is 0 Å². The number of aliphatic carboxylic acids is 1. The minimum atomic E-state index is -1.17. The average Bonchev–Trinajstić information content (AvgIpc) is 3.57. The highest BCUT2D eigenvalue weighted by Crippen LogP contribution is 2.87. The molecule has 0 radical (unpaired) electrons. The van der Waals surface area contributed by atoms with Crippen LogP contribution in [0, 0.1) is 45.3 Å². The number of fused-ring (bicyclic) bond motifs is 4. The number of carboxylic acid groups (broad SMARTS) is 1. The Morgan fingerprint density at radius 3 is 2.22 bits per heavy atom. The Morgan fingerprint density at radius 1 is 0.957 bits per heavy atom. The van der Waals surface area contributed by atoms with E-state index in [2.05, 4.69) is 26.1 Å². The number of ether oxygens (including phenoxy) is 3. The first-order chi connectivity index (χ1) is 21.5. The quantitative estimate of drug-likeness (QED) is 0.255. The maximum Gasteiger partial charge on any atom is 0.407 e. The molecule has 11 atom stereocenters. The molecule has 5 saturated carbocycles. The van der Waals surface area contributed by atoms with Crippen molar-refractivity contribution in [1.82, 2.24) is 5.32 Å². The Bertz CT molecular complexity index is 1140. The van der Waals surface area contributed by atoms with Gasteiger partial charge in [-0.2, -0.15) is 0 Å². The van der Waals surface area contributed by atoms with E-state index in [0.717, 1.165) is 45.6 Å². The van der Waals surface area contributed by atoms with Crippen LogP contribution < -0.4 is 5.32 Å². The summed E-state index contributed by atoms with van der Waals surface area (Å²) in [7, 11) is 1.00. The van der Waals surface area contributed by atoms with E-state index in [0.29, 0.717) is 34.5 Å². The van der Waals surface area contributed by atoms with E-state index in [1.807, 2.05) is 13.8 Å². The maximum atomic E-state index is 12.4. The van der Waals surface area contributed by atoms with Crippen molar-refractivity contribution in [1.29, 1.82) is 0 Å². The summed E-state index contributed by atoms with van der Waals surface area (Å²) in [5.74, 6) is 0.789. The number of esters is 1. The standard InChI is InChI=1S/C33H51NO8.C2H6.CH4O.H2/c1-18(35)40-27(30(4,5)39)22-9-7-20-23(41-22)15-21-19-8-10-24-29(2,3)25(42-28(38)34-16-26(36)37)11-12-33(24)17-32(19,33)14-13-31(20,21)6;2*1-2;/h19-25,27,39H,7-17H2,1-6H3,(H,34,38)(H,36,37);1-2H3;2H,1H3;1H/t19?,20?,21?,22?,23?,24?,25-,27-,31?,32-,33+;;;/m0.../s1. The molecule has 4 N–H and O–H groups in total. The molecule has 266 valence electrons. The van der Waals surface area contributed by atoms with E-state index in [9.17, 15) is 19.5 Å². The molecule has 10 heteroatoms. The van der Waals surface area contributed by atoms with Crippen LogP contribution in [-0.2, 0) is 23.8 Å². The molecule has 46 heavy (non-hydrogen) atoms. The van der Waals surface area contributed by atoms with E-state index < -0.39 is 30.3 Å². The molecule has 0 aromatic heterocycles.